The second kappa shape index (κ2) is 13.6. The first-order valence-electron chi connectivity index (χ1n) is 17.7. The number of para-hydroxylation sites is 2. The minimum absolute atomic E-state index is 0.136. The van der Waals surface area contributed by atoms with Crippen molar-refractivity contribution in [3.63, 3.8) is 0 Å². The van der Waals surface area contributed by atoms with Crippen LogP contribution in [0.25, 0.3) is 22.5 Å². The Kier molecular flexibility index (Phi) is 8.70. The van der Waals surface area contributed by atoms with Crippen molar-refractivity contribution in [2.45, 2.75) is 56.5 Å². The van der Waals surface area contributed by atoms with Crippen LogP contribution in [0.2, 0.25) is 0 Å². The van der Waals surface area contributed by atoms with Gasteiger partial charge in [0, 0.05) is 61.7 Å². The number of aromatic hydroxyl groups is 1. The van der Waals surface area contributed by atoms with Crippen LogP contribution in [-0.2, 0) is 9.59 Å². The van der Waals surface area contributed by atoms with Gasteiger partial charge < -0.3 is 25.4 Å². The topological polar surface area (TPSA) is 150 Å². The molecular weight excluding hydrogens is 632 g/mol. The number of piperidine rings is 1. The monoisotopic (exact) mass is 674 g/mol. The highest BCUT2D eigenvalue weighted by molar-refractivity contribution is 6.02. The van der Waals surface area contributed by atoms with Gasteiger partial charge in [-0.2, -0.15) is 0 Å². The van der Waals surface area contributed by atoms with Crippen molar-refractivity contribution in [2.75, 3.05) is 54.9 Å². The summed E-state index contributed by atoms with van der Waals surface area (Å²) in [4.78, 5) is 36.3. The Labute approximate surface area is 291 Å². The molecule has 0 bridgehead atoms. The number of ether oxygens (including phenoxy) is 1. The number of phenolic OH excluding ortho intramolecular Hbond substituents is 1. The van der Waals surface area contributed by atoms with Crippen LogP contribution in [0, 0.1) is 0 Å². The number of hydrogen-bond acceptors (Lipinski definition) is 11. The lowest BCUT2D eigenvalue weighted by Crippen LogP contribution is -2.54. The molecule has 0 radical (unpaired) electrons. The van der Waals surface area contributed by atoms with E-state index in [1.807, 2.05) is 24.4 Å². The van der Waals surface area contributed by atoms with Crippen molar-refractivity contribution >= 4 is 29.0 Å². The Morgan fingerprint density at radius 1 is 0.840 bits per heavy atom. The zero-order valence-electron chi connectivity index (χ0n) is 28.0. The average molecular weight is 675 g/mol. The zero-order chi connectivity index (χ0) is 34.2. The Balaban J connectivity index is 0.897. The SMILES string of the molecule is Nc1nnc(-c2ccccc2O)cc1-c1cc(N2CCN([C@H]3CC[C@H](c4cccc5c4OCCN5[C@@H]4CCC(=O)NC4=O)CC3)CC2)ccn1. The maximum absolute atomic E-state index is 12.7. The fourth-order valence-corrected chi connectivity index (χ4v) is 8.21. The van der Waals surface area contributed by atoms with Gasteiger partial charge in [0.25, 0.3) is 0 Å². The molecule has 3 aliphatic heterocycles. The van der Waals surface area contributed by atoms with Gasteiger partial charge in [-0.05, 0) is 80.0 Å². The predicted molar refractivity (Wildman–Crippen MR) is 191 cm³/mol. The zero-order valence-corrected chi connectivity index (χ0v) is 28.0. The van der Waals surface area contributed by atoms with E-state index in [9.17, 15) is 14.7 Å². The van der Waals surface area contributed by atoms with Crippen LogP contribution < -0.4 is 25.6 Å². The van der Waals surface area contributed by atoms with Crippen molar-refractivity contribution in [1.29, 1.82) is 0 Å². The van der Waals surface area contributed by atoms with Crippen LogP contribution in [-0.4, -0.2) is 88.4 Å². The number of carbonyl (C=O) groups excluding carboxylic acids is 2. The number of carbonyl (C=O) groups is 2. The molecule has 258 valence electrons. The third-order valence-corrected chi connectivity index (χ3v) is 10.9. The molecule has 0 spiro atoms. The molecule has 1 atom stereocenters. The Morgan fingerprint density at radius 2 is 1.66 bits per heavy atom. The van der Waals surface area contributed by atoms with Crippen LogP contribution >= 0.6 is 0 Å². The average Bonchev–Trinajstić information content (AvgIpc) is 3.15. The number of piperazine rings is 1. The summed E-state index contributed by atoms with van der Waals surface area (Å²) in [5.41, 5.74) is 12.1. The number of amides is 2. The summed E-state index contributed by atoms with van der Waals surface area (Å²) in [6.07, 6.45) is 7.19. The Morgan fingerprint density at radius 3 is 2.46 bits per heavy atom. The lowest BCUT2D eigenvalue weighted by molar-refractivity contribution is -0.134. The smallest absolute Gasteiger partial charge is 0.249 e. The van der Waals surface area contributed by atoms with E-state index in [2.05, 4.69) is 59.5 Å². The molecule has 50 heavy (non-hydrogen) atoms. The van der Waals surface area contributed by atoms with E-state index in [0.717, 1.165) is 74.7 Å². The van der Waals surface area contributed by atoms with Gasteiger partial charge in [0.05, 0.1) is 23.6 Å². The molecule has 3 fully saturated rings. The lowest BCUT2D eigenvalue weighted by Gasteiger charge is -2.43. The van der Waals surface area contributed by atoms with E-state index in [0.29, 0.717) is 60.6 Å². The predicted octanol–water partition coefficient (Wildman–Crippen LogP) is 4.35. The van der Waals surface area contributed by atoms with Crippen molar-refractivity contribution in [3.8, 4) is 34.0 Å². The van der Waals surface area contributed by atoms with Gasteiger partial charge in [-0.1, -0.05) is 24.3 Å². The highest BCUT2D eigenvalue weighted by Crippen LogP contribution is 2.45. The summed E-state index contributed by atoms with van der Waals surface area (Å²) in [5.74, 6) is 1.36. The maximum atomic E-state index is 12.7. The minimum Gasteiger partial charge on any atom is -0.507 e. The molecule has 4 N–H and O–H groups in total. The number of phenols is 1. The number of nitrogens with zero attached hydrogens (tertiary/aromatic N) is 6. The molecule has 8 rings (SSSR count). The number of nitrogens with two attached hydrogens (primary N) is 1. The molecule has 0 unspecified atom stereocenters. The number of benzene rings is 2. The van der Waals surface area contributed by atoms with Gasteiger partial charge in [-0.25, -0.2) is 0 Å². The number of nitrogens with one attached hydrogen (secondary N) is 1. The van der Waals surface area contributed by atoms with Gasteiger partial charge in [0.15, 0.2) is 5.82 Å². The number of rotatable bonds is 6. The highest BCUT2D eigenvalue weighted by Gasteiger charge is 2.37. The normalized spacial score (nSPS) is 22.8. The number of nitrogen functional groups attached to an aromatic ring is 1. The van der Waals surface area contributed by atoms with Crippen LogP contribution in [0.5, 0.6) is 11.5 Å². The van der Waals surface area contributed by atoms with E-state index in [1.165, 1.54) is 5.56 Å². The lowest BCUT2D eigenvalue weighted by atomic mass is 9.80. The Bertz CT molecular complexity index is 1900. The first-order valence-corrected chi connectivity index (χ1v) is 17.7. The fraction of sp³-hybridized carbons (Fsp3) is 0.395. The van der Waals surface area contributed by atoms with Crippen LogP contribution in [0.15, 0.2) is 66.9 Å². The van der Waals surface area contributed by atoms with Gasteiger partial charge in [0.2, 0.25) is 11.8 Å². The van der Waals surface area contributed by atoms with Crippen molar-refractivity contribution in [1.82, 2.24) is 25.4 Å². The van der Waals surface area contributed by atoms with Gasteiger partial charge in [-0.15, -0.1) is 10.2 Å². The number of fused-ring (bicyclic) bond motifs is 1. The number of aromatic nitrogens is 3. The second-order valence-corrected chi connectivity index (χ2v) is 13.7. The van der Waals surface area contributed by atoms with Gasteiger partial charge >= 0.3 is 0 Å². The van der Waals surface area contributed by atoms with E-state index in [4.69, 9.17) is 10.5 Å². The molecule has 2 saturated heterocycles. The summed E-state index contributed by atoms with van der Waals surface area (Å²) in [6, 6.07) is 19.5. The minimum atomic E-state index is -0.340. The molecule has 2 amide bonds. The molecule has 4 aliphatic rings. The first-order chi connectivity index (χ1) is 24.4. The summed E-state index contributed by atoms with van der Waals surface area (Å²) in [6.45, 7) is 5.01. The van der Waals surface area contributed by atoms with Crippen molar-refractivity contribution in [2.24, 2.45) is 0 Å². The second-order valence-electron chi connectivity index (χ2n) is 13.7. The number of hydrogen-bond donors (Lipinski definition) is 3. The third-order valence-electron chi connectivity index (χ3n) is 10.9. The Hall–Kier alpha value is -5.23. The largest absolute Gasteiger partial charge is 0.507 e. The summed E-state index contributed by atoms with van der Waals surface area (Å²) in [7, 11) is 0. The number of pyridine rings is 1. The van der Waals surface area contributed by atoms with E-state index < -0.39 is 0 Å². The van der Waals surface area contributed by atoms with E-state index >= 15 is 0 Å². The third kappa shape index (κ3) is 6.19. The molecule has 1 saturated carbocycles. The van der Waals surface area contributed by atoms with E-state index in [-0.39, 0.29) is 23.6 Å². The molecule has 12 heteroatoms. The number of anilines is 3. The first kappa shape index (κ1) is 32.0. The molecule has 1 aliphatic carbocycles. The van der Waals surface area contributed by atoms with Gasteiger partial charge in [-0.3, -0.25) is 24.8 Å². The standard InChI is InChI=1S/C38H42N8O4/c39-37-29(23-31(42-43-37)28-4-1-2-7-34(28)47)30-22-26(14-15-40-30)45-18-16-44(17-19-45)25-10-8-24(9-11-25)27-5-3-6-32-36(27)50-21-20-46(32)33-12-13-35(48)41-38(33)49/h1-7,14-15,22-25,33,47H,8-13,16-21H2,(H2,39,43)(H,41,48,49)/t24-,25-,33-/m1/s1. The molecule has 5 heterocycles. The molecule has 2 aromatic heterocycles. The summed E-state index contributed by atoms with van der Waals surface area (Å²) in [5, 5.41) is 21.3. The van der Waals surface area contributed by atoms with E-state index in [1.54, 1.807) is 18.2 Å². The van der Waals surface area contributed by atoms with Gasteiger partial charge in [0.1, 0.15) is 24.1 Å². The molecule has 2 aromatic carbocycles. The van der Waals surface area contributed by atoms with Crippen LogP contribution in [0.4, 0.5) is 17.2 Å². The van der Waals surface area contributed by atoms with Crippen LogP contribution in [0.1, 0.15) is 50.0 Å². The quantitative estimate of drug-likeness (QED) is 0.251. The number of imide groups is 1. The maximum Gasteiger partial charge on any atom is 0.249 e. The van der Waals surface area contributed by atoms with Crippen molar-refractivity contribution in [3.05, 3.63) is 72.4 Å². The summed E-state index contributed by atoms with van der Waals surface area (Å²) >= 11 is 0. The molecule has 4 aromatic rings. The summed E-state index contributed by atoms with van der Waals surface area (Å²) < 4.78 is 6.27. The highest BCUT2D eigenvalue weighted by atomic mass is 16.5. The molecular formula is C38H42N8O4. The van der Waals surface area contributed by atoms with Crippen LogP contribution in [0.3, 0.4) is 0 Å². The molecule has 12 nitrogen and oxygen atoms in total. The fourth-order valence-electron chi connectivity index (χ4n) is 8.21. The van der Waals surface area contributed by atoms with Crippen molar-refractivity contribution < 1.29 is 19.4 Å².